The van der Waals surface area contributed by atoms with Gasteiger partial charge in [-0.25, -0.2) is 9.78 Å². The lowest BCUT2D eigenvalue weighted by Crippen LogP contribution is -2.37. The SMILES string of the molecule is CCC(NC(=O)NCc1ccccc1OC(C)C)c1nccs1. The summed E-state index contributed by atoms with van der Waals surface area (Å²) in [7, 11) is 0. The minimum Gasteiger partial charge on any atom is -0.491 e. The van der Waals surface area contributed by atoms with E-state index >= 15 is 0 Å². The van der Waals surface area contributed by atoms with E-state index in [1.807, 2.05) is 50.4 Å². The van der Waals surface area contributed by atoms with E-state index in [1.165, 1.54) is 0 Å². The van der Waals surface area contributed by atoms with Crippen molar-refractivity contribution >= 4 is 17.4 Å². The first-order chi connectivity index (χ1) is 11.1. The first-order valence-electron chi connectivity index (χ1n) is 7.78. The molecule has 2 aromatic rings. The Labute approximate surface area is 141 Å². The number of thiazole rings is 1. The largest absolute Gasteiger partial charge is 0.491 e. The number of hydrogen-bond donors (Lipinski definition) is 2. The number of nitrogens with zero attached hydrogens (tertiary/aromatic N) is 1. The van der Waals surface area contributed by atoms with Gasteiger partial charge in [-0.15, -0.1) is 11.3 Å². The minimum absolute atomic E-state index is 0.0582. The van der Waals surface area contributed by atoms with Crippen molar-refractivity contribution in [3.05, 3.63) is 46.4 Å². The number of rotatable bonds is 7. The van der Waals surface area contributed by atoms with Crippen molar-refractivity contribution in [2.75, 3.05) is 0 Å². The number of benzene rings is 1. The average Bonchev–Trinajstić information content (AvgIpc) is 3.05. The normalized spacial score (nSPS) is 12.0. The average molecular weight is 333 g/mol. The fourth-order valence-electron chi connectivity index (χ4n) is 2.15. The molecule has 0 bridgehead atoms. The summed E-state index contributed by atoms with van der Waals surface area (Å²) in [6.07, 6.45) is 2.65. The van der Waals surface area contributed by atoms with E-state index in [0.29, 0.717) is 6.54 Å². The van der Waals surface area contributed by atoms with Crippen molar-refractivity contribution in [2.24, 2.45) is 0 Å². The topological polar surface area (TPSA) is 63.2 Å². The molecule has 1 aromatic carbocycles. The molecule has 0 fully saturated rings. The molecule has 0 saturated carbocycles. The summed E-state index contributed by atoms with van der Waals surface area (Å²) in [5.74, 6) is 0.801. The third kappa shape index (κ3) is 5.25. The molecule has 0 aliphatic heterocycles. The maximum atomic E-state index is 12.1. The van der Waals surface area contributed by atoms with E-state index in [-0.39, 0.29) is 18.2 Å². The molecule has 124 valence electrons. The number of ether oxygens (including phenoxy) is 1. The van der Waals surface area contributed by atoms with Gasteiger partial charge in [-0.3, -0.25) is 0 Å². The van der Waals surface area contributed by atoms with Crippen LogP contribution in [0.4, 0.5) is 4.79 Å². The van der Waals surface area contributed by atoms with Crippen molar-refractivity contribution in [1.82, 2.24) is 15.6 Å². The van der Waals surface area contributed by atoms with Crippen molar-refractivity contribution in [2.45, 2.75) is 45.9 Å². The third-order valence-corrected chi connectivity index (χ3v) is 4.13. The lowest BCUT2D eigenvalue weighted by Gasteiger charge is -2.17. The Hall–Kier alpha value is -2.08. The van der Waals surface area contributed by atoms with E-state index in [9.17, 15) is 4.79 Å². The number of aromatic nitrogens is 1. The predicted molar refractivity (Wildman–Crippen MR) is 92.7 cm³/mol. The van der Waals surface area contributed by atoms with Crippen LogP contribution in [0.2, 0.25) is 0 Å². The highest BCUT2D eigenvalue weighted by molar-refractivity contribution is 7.09. The Kier molecular flexibility index (Phi) is 6.40. The number of carbonyl (C=O) groups excluding carboxylic acids is 1. The monoisotopic (exact) mass is 333 g/mol. The molecule has 0 spiro atoms. The van der Waals surface area contributed by atoms with Crippen molar-refractivity contribution in [3.63, 3.8) is 0 Å². The fraction of sp³-hybridized carbons (Fsp3) is 0.412. The Morgan fingerprint density at radius 1 is 1.35 bits per heavy atom. The summed E-state index contributed by atoms with van der Waals surface area (Å²) >= 11 is 1.55. The van der Waals surface area contributed by atoms with Crippen LogP contribution in [-0.2, 0) is 6.54 Å². The first kappa shape index (κ1) is 17.3. The molecule has 1 unspecified atom stereocenters. The van der Waals surface area contributed by atoms with Gasteiger partial charge in [-0.05, 0) is 26.3 Å². The number of amides is 2. The van der Waals surface area contributed by atoms with Gasteiger partial charge in [0.25, 0.3) is 0 Å². The molecule has 0 aliphatic carbocycles. The second-order valence-corrected chi connectivity index (χ2v) is 6.36. The first-order valence-corrected chi connectivity index (χ1v) is 8.66. The maximum Gasteiger partial charge on any atom is 0.315 e. The molecule has 2 amide bonds. The quantitative estimate of drug-likeness (QED) is 0.808. The molecular weight excluding hydrogens is 310 g/mol. The van der Waals surface area contributed by atoms with Gasteiger partial charge in [0.15, 0.2) is 0 Å². The molecule has 6 heteroatoms. The number of para-hydroxylation sites is 1. The predicted octanol–water partition coefficient (Wildman–Crippen LogP) is 3.88. The van der Waals surface area contributed by atoms with Gasteiger partial charge in [-0.1, -0.05) is 25.1 Å². The van der Waals surface area contributed by atoms with Crippen LogP contribution < -0.4 is 15.4 Å². The maximum absolute atomic E-state index is 12.1. The molecule has 0 saturated heterocycles. The van der Waals surface area contributed by atoms with Crippen LogP contribution in [0.5, 0.6) is 5.75 Å². The zero-order valence-electron chi connectivity index (χ0n) is 13.7. The fourth-order valence-corrected chi connectivity index (χ4v) is 2.92. The summed E-state index contributed by atoms with van der Waals surface area (Å²) in [5.41, 5.74) is 0.957. The van der Waals surface area contributed by atoms with E-state index in [2.05, 4.69) is 15.6 Å². The van der Waals surface area contributed by atoms with Crippen LogP contribution in [0.3, 0.4) is 0 Å². The van der Waals surface area contributed by atoms with Crippen LogP contribution in [-0.4, -0.2) is 17.1 Å². The van der Waals surface area contributed by atoms with Gasteiger partial charge >= 0.3 is 6.03 Å². The van der Waals surface area contributed by atoms with Gasteiger partial charge in [0.2, 0.25) is 0 Å². The number of hydrogen-bond acceptors (Lipinski definition) is 4. The zero-order chi connectivity index (χ0) is 16.7. The lowest BCUT2D eigenvalue weighted by atomic mass is 10.2. The van der Waals surface area contributed by atoms with Gasteiger partial charge in [0, 0.05) is 23.7 Å². The molecule has 1 atom stereocenters. The Morgan fingerprint density at radius 2 is 2.13 bits per heavy atom. The van der Waals surface area contributed by atoms with Crippen molar-refractivity contribution in [3.8, 4) is 5.75 Å². The van der Waals surface area contributed by atoms with E-state index < -0.39 is 0 Å². The summed E-state index contributed by atoms with van der Waals surface area (Å²) in [4.78, 5) is 16.4. The van der Waals surface area contributed by atoms with Crippen LogP contribution in [0, 0.1) is 0 Å². The number of urea groups is 1. The second-order valence-electron chi connectivity index (χ2n) is 5.43. The molecule has 2 rings (SSSR count). The lowest BCUT2D eigenvalue weighted by molar-refractivity contribution is 0.233. The molecule has 2 N–H and O–H groups in total. The summed E-state index contributed by atoms with van der Waals surface area (Å²) in [5, 5.41) is 8.68. The smallest absolute Gasteiger partial charge is 0.315 e. The number of nitrogens with one attached hydrogen (secondary N) is 2. The molecule has 23 heavy (non-hydrogen) atoms. The van der Waals surface area contributed by atoms with Gasteiger partial charge in [0.1, 0.15) is 10.8 Å². The highest BCUT2D eigenvalue weighted by Gasteiger charge is 2.15. The Morgan fingerprint density at radius 3 is 2.78 bits per heavy atom. The third-order valence-electron chi connectivity index (χ3n) is 3.24. The highest BCUT2D eigenvalue weighted by Crippen LogP contribution is 2.20. The molecule has 0 aliphatic rings. The van der Waals surface area contributed by atoms with Gasteiger partial charge in [-0.2, -0.15) is 0 Å². The van der Waals surface area contributed by atoms with Crippen molar-refractivity contribution in [1.29, 1.82) is 0 Å². The molecule has 1 heterocycles. The van der Waals surface area contributed by atoms with E-state index in [4.69, 9.17) is 4.74 Å². The summed E-state index contributed by atoms with van der Waals surface area (Å²) in [6, 6.07) is 7.47. The van der Waals surface area contributed by atoms with Crippen LogP contribution >= 0.6 is 11.3 Å². The molecule has 1 aromatic heterocycles. The van der Waals surface area contributed by atoms with E-state index in [0.717, 1.165) is 22.7 Å². The Balaban J connectivity index is 1.91. The van der Waals surface area contributed by atoms with Gasteiger partial charge in [0.05, 0.1) is 12.1 Å². The van der Waals surface area contributed by atoms with Crippen LogP contribution in [0.25, 0.3) is 0 Å². The zero-order valence-corrected chi connectivity index (χ0v) is 14.5. The summed E-state index contributed by atoms with van der Waals surface area (Å²) in [6.45, 7) is 6.41. The molecule has 0 radical (unpaired) electrons. The standard InChI is InChI=1S/C17H23N3O2S/c1-4-14(16-18-9-10-23-16)20-17(21)19-11-13-7-5-6-8-15(13)22-12(2)3/h5-10,12,14H,4,11H2,1-3H3,(H2,19,20,21). The molecule has 5 nitrogen and oxygen atoms in total. The highest BCUT2D eigenvalue weighted by atomic mass is 32.1. The van der Waals surface area contributed by atoms with Crippen LogP contribution in [0.1, 0.15) is 43.8 Å². The van der Waals surface area contributed by atoms with Gasteiger partial charge < -0.3 is 15.4 Å². The van der Waals surface area contributed by atoms with Crippen LogP contribution in [0.15, 0.2) is 35.8 Å². The molecular formula is C17H23N3O2S. The second kappa shape index (κ2) is 8.53. The van der Waals surface area contributed by atoms with Crippen molar-refractivity contribution < 1.29 is 9.53 Å². The summed E-state index contributed by atoms with van der Waals surface area (Å²) < 4.78 is 5.76. The minimum atomic E-state index is -0.202. The Bertz CT molecular complexity index is 614. The number of carbonyl (C=O) groups is 1. The van der Waals surface area contributed by atoms with E-state index in [1.54, 1.807) is 17.5 Å².